The number of benzene rings is 3. The summed E-state index contributed by atoms with van der Waals surface area (Å²) in [5.41, 5.74) is 4.60. The maximum atomic E-state index is 10.9. The first kappa shape index (κ1) is 16.7. The van der Waals surface area contributed by atoms with Crippen LogP contribution in [0.3, 0.4) is 0 Å². The summed E-state index contributed by atoms with van der Waals surface area (Å²) in [5.74, 6) is 0.768. The van der Waals surface area contributed by atoms with Crippen molar-refractivity contribution in [1.29, 1.82) is 0 Å². The van der Waals surface area contributed by atoms with E-state index in [1.165, 1.54) is 12.1 Å². The molecule has 1 heterocycles. The summed E-state index contributed by atoms with van der Waals surface area (Å²) in [6.45, 7) is 0. The van der Waals surface area contributed by atoms with E-state index < -0.39 is 4.92 Å². The second kappa shape index (κ2) is 6.88. The Balaban J connectivity index is 1.93. The fourth-order valence-corrected chi connectivity index (χ4v) is 3.09. The van der Waals surface area contributed by atoms with Gasteiger partial charge in [-0.05, 0) is 47.5 Å². The van der Waals surface area contributed by atoms with Gasteiger partial charge in [0.05, 0.1) is 23.2 Å². The van der Waals surface area contributed by atoms with Gasteiger partial charge in [-0.25, -0.2) is 4.98 Å². The van der Waals surface area contributed by atoms with Crippen LogP contribution in [0.2, 0.25) is 0 Å². The van der Waals surface area contributed by atoms with Crippen LogP contribution in [0.25, 0.3) is 33.3 Å². The predicted molar refractivity (Wildman–Crippen MR) is 106 cm³/mol. The van der Waals surface area contributed by atoms with Crippen molar-refractivity contribution in [2.45, 2.75) is 0 Å². The van der Waals surface area contributed by atoms with E-state index in [1.807, 2.05) is 54.6 Å². The summed E-state index contributed by atoms with van der Waals surface area (Å²) < 4.78 is 5.37. The minimum Gasteiger partial charge on any atom is -0.497 e. The quantitative estimate of drug-likeness (QED) is 0.358. The van der Waals surface area contributed by atoms with Crippen LogP contribution in [0, 0.1) is 10.1 Å². The molecular weight excluding hydrogens is 340 g/mol. The fourth-order valence-electron chi connectivity index (χ4n) is 3.09. The third-order valence-corrected chi connectivity index (χ3v) is 4.47. The third-order valence-electron chi connectivity index (χ3n) is 4.47. The zero-order valence-corrected chi connectivity index (χ0v) is 14.6. The minimum absolute atomic E-state index is 0.0626. The van der Waals surface area contributed by atoms with E-state index in [1.54, 1.807) is 19.2 Å². The molecule has 4 rings (SSSR count). The standard InChI is InChI=1S/C22H16N2O3/c1-27-18-11-12-21-20(13-18)19(15-5-3-2-4-6-15)14-22(23-21)16-7-9-17(10-8-16)24(25)26/h2-14H,1H3. The van der Waals surface area contributed by atoms with E-state index in [2.05, 4.69) is 0 Å². The number of non-ortho nitro benzene ring substituents is 1. The molecule has 132 valence electrons. The number of nitro groups is 1. The average molecular weight is 356 g/mol. The monoisotopic (exact) mass is 356 g/mol. The Morgan fingerprint density at radius 1 is 0.889 bits per heavy atom. The molecule has 5 heteroatoms. The second-order valence-electron chi connectivity index (χ2n) is 6.11. The SMILES string of the molecule is COc1ccc2nc(-c3ccc([N+](=O)[O-])cc3)cc(-c3ccccc3)c2c1. The smallest absolute Gasteiger partial charge is 0.269 e. The molecule has 5 nitrogen and oxygen atoms in total. The minimum atomic E-state index is -0.403. The van der Waals surface area contributed by atoms with Crippen molar-refractivity contribution in [3.8, 4) is 28.1 Å². The summed E-state index contributed by atoms with van der Waals surface area (Å²) in [7, 11) is 1.64. The lowest BCUT2D eigenvalue weighted by Crippen LogP contribution is -1.92. The maximum absolute atomic E-state index is 10.9. The van der Waals surface area contributed by atoms with Crippen LogP contribution in [0.4, 0.5) is 5.69 Å². The topological polar surface area (TPSA) is 65.3 Å². The van der Waals surface area contributed by atoms with E-state index in [9.17, 15) is 10.1 Å². The highest BCUT2D eigenvalue weighted by Crippen LogP contribution is 2.34. The van der Waals surface area contributed by atoms with Crippen LogP contribution in [0.1, 0.15) is 0 Å². The molecule has 0 spiro atoms. The summed E-state index contributed by atoms with van der Waals surface area (Å²) in [6.07, 6.45) is 0. The second-order valence-corrected chi connectivity index (χ2v) is 6.11. The Hall–Kier alpha value is -3.73. The van der Waals surface area contributed by atoms with Crippen molar-refractivity contribution < 1.29 is 9.66 Å². The molecule has 0 N–H and O–H groups in total. The molecule has 0 unspecified atom stereocenters. The fraction of sp³-hybridized carbons (Fsp3) is 0.0455. The van der Waals surface area contributed by atoms with Gasteiger partial charge in [-0.3, -0.25) is 10.1 Å². The Kier molecular flexibility index (Phi) is 4.26. The molecule has 0 aliphatic heterocycles. The van der Waals surface area contributed by atoms with E-state index in [-0.39, 0.29) is 5.69 Å². The van der Waals surface area contributed by atoms with Gasteiger partial charge in [-0.2, -0.15) is 0 Å². The van der Waals surface area contributed by atoms with Gasteiger partial charge in [0, 0.05) is 23.1 Å². The van der Waals surface area contributed by atoms with Crippen LogP contribution in [-0.4, -0.2) is 17.0 Å². The number of pyridine rings is 1. The number of hydrogen-bond acceptors (Lipinski definition) is 4. The van der Waals surface area contributed by atoms with E-state index in [4.69, 9.17) is 9.72 Å². The number of ether oxygens (including phenoxy) is 1. The highest BCUT2D eigenvalue weighted by Gasteiger charge is 2.12. The number of nitro benzene ring substituents is 1. The van der Waals surface area contributed by atoms with Crippen molar-refractivity contribution in [2.75, 3.05) is 7.11 Å². The molecule has 0 atom stereocenters. The Morgan fingerprint density at radius 2 is 1.63 bits per heavy atom. The lowest BCUT2D eigenvalue weighted by atomic mass is 9.98. The molecule has 4 aromatic rings. The predicted octanol–water partition coefficient (Wildman–Crippen LogP) is 5.49. The largest absolute Gasteiger partial charge is 0.497 e. The first-order valence-electron chi connectivity index (χ1n) is 8.45. The molecule has 0 aliphatic rings. The van der Waals surface area contributed by atoms with Gasteiger partial charge >= 0.3 is 0 Å². The molecule has 0 saturated heterocycles. The third kappa shape index (κ3) is 3.22. The van der Waals surface area contributed by atoms with Crippen LogP contribution in [0.15, 0.2) is 78.9 Å². The molecule has 0 aliphatic carbocycles. The first-order chi connectivity index (χ1) is 13.2. The number of nitrogens with zero attached hydrogens (tertiary/aromatic N) is 2. The highest BCUT2D eigenvalue weighted by atomic mass is 16.6. The molecule has 0 amide bonds. The zero-order chi connectivity index (χ0) is 18.8. The van der Waals surface area contributed by atoms with Crippen LogP contribution in [0.5, 0.6) is 5.75 Å². The van der Waals surface area contributed by atoms with Crippen molar-refractivity contribution in [2.24, 2.45) is 0 Å². The summed E-state index contributed by atoms with van der Waals surface area (Å²) in [4.78, 5) is 15.3. The molecule has 27 heavy (non-hydrogen) atoms. The van der Waals surface area contributed by atoms with Crippen LogP contribution in [-0.2, 0) is 0 Å². The van der Waals surface area contributed by atoms with Crippen LogP contribution >= 0.6 is 0 Å². The molecule has 3 aromatic carbocycles. The lowest BCUT2D eigenvalue weighted by molar-refractivity contribution is -0.384. The van der Waals surface area contributed by atoms with Crippen molar-refractivity contribution in [3.63, 3.8) is 0 Å². The number of aromatic nitrogens is 1. The van der Waals surface area contributed by atoms with Gasteiger partial charge in [-0.15, -0.1) is 0 Å². The summed E-state index contributed by atoms with van der Waals surface area (Å²) in [6, 6.07) is 24.3. The molecular formula is C22H16N2O3. The summed E-state index contributed by atoms with van der Waals surface area (Å²) in [5, 5.41) is 11.9. The van der Waals surface area contributed by atoms with E-state index in [0.717, 1.165) is 39.0 Å². The Morgan fingerprint density at radius 3 is 2.30 bits per heavy atom. The molecule has 0 bridgehead atoms. The van der Waals surface area contributed by atoms with Crippen molar-refractivity contribution >= 4 is 16.6 Å². The van der Waals surface area contributed by atoms with Gasteiger partial charge < -0.3 is 4.74 Å². The molecule has 1 aromatic heterocycles. The number of methoxy groups -OCH3 is 1. The number of hydrogen-bond donors (Lipinski definition) is 0. The first-order valence-corrected chi connectivity index (χ1v) is 8.45. The Bertz CT molecular complexity index is 1120. The summed E-state index contributed by atoms with van der Waals surface area (Å²) >= 11 is 0. The van der Waals surface area contributed by atoms with Gasteiger partial charge in [0.15, 0.2) is 0 Å². The zero-order valence-electron chi connectivity index (χ0n) is 14.6. The van der Waals surface area contributed by atoms with Gasteiger partial charge in [0.2, 0.25) is 0 Å². The van der Waals surface area contributed by atoms with Crippen LogP contribution < -0.4 is 4.74 Å². The average Bonchev–Trinajstić information content (AvgIpc) is 2.73. The van der Waals surface area contributed by atoms with E-state index >= 15 is 0 Å². The molecule has 0 saturated carbocycles. The molecule has 0 fully saturated rings. The number of fused-ring (bicyclic) bond motifs is 1. The number of rotatable bonds is 4. The Labute approximate surface area is 156 Å². The lowest BCUT2D eigenvalue weighted by Gasteiger charge is -2.11. The van der Waals surface area contributed by atoms with Gasteiger partial charge in [0.1, 0.15) is 5.75 Å². The normalized spacial score (nSPS) is 10.7. The van der Waals surface area contributed by atoms with Gasteiger partial charge in [-0.1, -0.05) is 30.3 Å². The molecule has 0 radical (unpaired) electrons. The maximum Gasteiger partial charge on any atom is 0.269 e. The van der Waals surface area contributed by atoms with Crippen molar-refractivity contribution in [1.82, 2.24) is 4.98 Å². The van der Waals surface area contributed by atoms with E-state index in [0.29, 0.717) is 0 Å². The van der Waals surface area contributed by atoms with Crippen molar-refractivity contribution in [3.05, 3.63) is 89.0 Å². The highest BCUT2D eigenvalue weighted by molar-refractivity contribution is 5.97. The van der Waals surface area contributed by atoms with Gasteiger partial charge in [0.25, 0.3) is 5.69 Å².